The molecule has 1 atom stereocenters. The predicted molar refractivity (Wildman–Crippen MR) is 91.7 cm³/mol. The van der Waals surface area contributed by atoms with Crippen LogP contribution in [0.3, 0.4) is 0 Å². The Morgan fingerprint density at radius 3 is 3.00 bits per heavy atom. The maximum Gasteiger partial charge on any atom is 0.277 e. The Morgan fingerprint density at radius 1 is 1.44 bits per heavy atom. The normalized spacial score (nSPS) is 16.2. The number of carbonyl (C=O) groups is 2. The van der Waals surface area contributed by atoms with Crippen molar-refractivity contribution >= 4 is 23.2 Å². The highest BCUT2D eigenvalue weighted by Gasteiger charge is 2.23. The quantitative estimate of drug-likeness (QED) is 0.832. The van der Waals surface area contributed by atoms with Crippen LogP contribution in [-0.2, 0) is 11.3 Å². The Kier molecular flexibility index (Phi) is 4.66. The van der Waals surface area contributed by atoms with Gasteiger partial charge in [0.2, 0.25) is 0 Å². The first kappa shape index (κ1) is 16.9. The van der Waals surface area contributed by atoms with E-state index in [1.165, 1.54) is 0 Å². The lowest BCUT2D eigenvalue weighted by Crippen LogP contribution is -2.34. The van der Waals surface area contributed by atoms with Crippen LogP contribution in [0.1, 0.15) is 17.4 Å². The average molecular weight is 344 g/mol. The van der Waals surface area contributed by atoms with Crippen molar-refractivity contribution in [1.82, 2.24) is 19.9 Å². The van der Waals surface area contributed by atoms with E-state index in [4.69, 9.17) is 4.74 Å². The highest BCUT2D eigenvalue weighted by Crippen LogP contribution is 2.32. The standard InChI is InChI=1S/C16H20N6O3/c1-10-15(23)18-12-8-11(4-5-14(12)25-10)17-16(24)13-9-22(20-19-13)7-6-21(2)3/h4-5,8-10H,6-7H2,1-3H3,(H,17,24)(H,18,23)/t10-/m0/s1. The molecule has 1 aliphatic rings. The molecule has 25 heavy (non-hydrogen) atoms. The number of nitrogens with one attached hydrogen (secondary N) is 2. The lowest BCUT2D eigenvalue weighted by atomic mass is 10.2. The zero-order chi connectivity index (χ0) is 18.0. The fraction of sp³-hybridized carbons (Fsp3) is 0.375. The number of fused-ring (bicyclic) bond motifs is 1. The summed E-state index contributed by atoms with van der Waals surface area (Å²) in [5, 5.41) is 13.3. The number of ether oxygens (including phenoxy) is 1. The van der Waals surface area contributed by atoms with Crippen molar-refractivity contribution in [2.24, 2.45) is 0 Å². The lowest BCUT2D eigenvalue weighted by Gasteiger charge is -2.23. The van der Waals surface area contributed by atoms with Crippen molar-refractivity contribution in [3.05, 3.63) is 30.1 Å². The molecule has 2 aromatic rings. The molecule has 0 bridgehead atoms. The molecule has 132 valence electrons. The van der Waals surface area contributed by atoms with E-state index in [2.05, 4.69) is 20.9 Å². The Bertz CT molecular complexity index is 801. The van der Waals surface area contributed by atoms with Crippen molar-refractivity contribution < 1.29 is 14.3 Å². The van der Waals surface area contributed by atoms with Gasteiger partial charge < -0.3 is 20.3 Å². The van der Waals surface area contributed by atoms with Crippen LogP contribution in [0.4, 0.5) is 11.4 Å². The van der Waals surface area contributed by atoms with Gasteiger partial charge in [-0.1, -0.05) is 5.21 Å². The third-order valence-electron chi connectivity index (χ3n) is 3.72. The first-order valence-corrected chi connectivity index (χ1v) is 7.90. The van der Waals surface area contributed by atoms with Gasteiger partial charge in [0.15, 0.2) is 11.8 Å². The largest absolute Gasteiger partial charge is 0.479 e. The molecule has 9 nitrogen and oxygen atoms in total. The van der Waals surface area contributed by atoms with Gasteiger partial charge >= 0.3 is 0 Å². The molecule has 9 heteroatoms. The van der Waals surface area contributed by atoms with Gasteiger partial charge in [-0.3, -0.25) is 14.3 Å². The van der Waals surface area contributed by atoms with Crippen molar-refractivity contribution in [3.63, 3.8) is 0 Å². The summed E-state index contributed by atoms with van der Waals surface area (Å²) in [6, 6.07) is 5.06. The van der Waals surface area contributed by atoms with Gasteiger partial charge in [0.1, 0.15) is 5.75 Å². The molecule has 3 rings (SSSR count). The highest BCUT2D eigenvalue weighted by molar-refractivity contribution is 6.04. The van der Waals surface area contributed by atoms with Gasteiger partial charge in [0.25, 0.3) is 11.8 Å². The SMILES string of the molecule is C[C@@H]1Oc2ccc(NC(=O)c3cn(CCN(C)C)nn3)cc2NC1=O. The summed E-state index contributed by atoms with van der Waals surface area (Å²) in [5.74, 6) is -0.0213. The molecule has 2 amide bonds. The second kappa shape index (κ2) is 6.89. The van der Waals surface area contributed by atoms with E-state index in [0.717, 1.165) is 6.54 Å². The number of hydrogen-bond donors (Lipinski definition) is 2. The molecule has 0 radical (unpaired) electrons. The third kappa shape index (κ3) is 3.94. The van der Waals surface area contributed by atoms with Gasteiger partial charge in [-0.15, -0.1) is 5.10 Å². The van der Waals surface area contributed by atoms with E-state index in [-0.39, 0.29) is 17.5 Å². The average Bonchev–Trinajstić information content (AvgIpc) is 3.03. The molecule has 1 aliphatic heterocycles. The molecule has 1 aromatic heterocycles. The summed E-state index contributed by atoms with van der Waals surface area (Å²) >= 11 is 0. The first-order valence-electron chi connectivity index (χ1n) is 7.90. The number of amides is 2. The number of hydrogen-bond acceptors (Lipinski definition) is 6. The molecule has 2 heterocycles. The van der Waals surface area contributed by atoms with Gasteiger partial charge in [0.05, 0.1) is 18.4 Å². The van der Waals surface area contributed by atoms with Crippen LogP contribution in [-0.4, -0.2) is 58.5 Å². The maximum absolute atomic E-state index is 12.3. The van der Waals surface area contributed by atoms with Crippen LogP contribution in [0.15, 0.2) is 24.4 Å². The van der Waals surface area contributed by atoms with E-state index in [9.17, 15) is 9.59 Å². The molecule has 1 aromatic carbocycles. The van der Waals surface area contributed by atoms with Crippen molar-refractivity contribution in [2.75, 3.05) is 31.3 Å². The monoisotopic (exact) mass is 344 g/mol. The molecule has 0 unspecified atom stereocenters. The Labute approximate surface area is 144 Å². The Morgan fingerprint density at radius 2 is 2.24 bits per heavy atom. The number of nitrogens with zero attached hydrogens (tertiary/aromatic N) is 4. The molecular weight excluding hydrogens is 324 g/mol. The molecule has 0 saturated carbocycles. The minimum absolute atomic E-state index is 0.222. The lowest BCUT2D eigenvalue weighted by molar-refractivity contribution is -0.122. The number of anilines is 2. The maximum atomic E-state index is 12.3. The van der Waals surface area contributed by atoms with E-state index >= 15 is 0 Å². The zero-order valence-corrected chi connectivity index (χ0v) is 14.3. The van der Waals surface area contributed by atoms with Gasteiger partial charge in [-0.2, -0.15) is 0 Å². The summed E-state index contributed by atoms with van der Waals surface area (Å²) in [5.41, 5.74) is 1.28. The molecule has 2 N–H and O–H groups in total. The van der Waals surface area contributed by atoms with Crippen LogP contribution in [0, 0.1) is 0 Å². The zero-order valence-electron chi connectivity index (χ0n) is 14.3. The molecular formula is C16H20N6O3. The van der Waals surface area contributed by atoms with E-state index in [0.29, 0.717) is 23.7 Å². The number of carbonyl (C=O) groups excluding carboxylic acids is 2. The van der Waals surface area contributed by atoms with Crippen LogP contribution in [0.5, 0.6) is 5.75 Å². The summed E-state index contributed by atoms with van der Waals surface area (Å²) in [6.45, 7) is 3.12. The molecule has 0 aliphatic carbocycles. The summed E-state index contributed by atoms with van der Waals surface area (Å²) < 4.78 is 7.11. The minimum Gasteiger partial charge on any atom is -0.479 e. The fourth-order valence-corrected chi connectivity index (χ4v) is 2.30. The van der Waals surface area contributed by atoms with Crippen LogP contribution < -0.4 is 15.4 Å². The van der Waals surface area contributed by atoms with Gasteiger partial charge in [0, 0.05) is 12.2 Å². The topological polar surface area (TPSA) is 101 Å². The second-order valence-corrected chi connectivity index (χ2v) is 6.08. The van der Waals surface area contributed by atoms with Gasteiger partial charge in [-0.05, 0) is 39.2 Å². The predicted octanol–water partition coefficient (Wildman–Crippen LogP) is 0.811. The highest BCUT2D eigenvalue weighted by atomic mass is 16.5. The number of benzene rings is 1. The van der Waals surface area contributed by atoms with E-state index < -0.39 is 6.10 Å². The smallest absolute Gasteiger partial charge is 0.277 e. The second-order valence-electron chi connectivity index (χ2n) is 6.08. The Balaban J connectivity index is 1.67. The van der Waals surface area contributed by atoms with Crippen molar-refractivity contribution in [1.29, 1.82) is 0 Å². The van der Waals surface area contributed by atoms with Crippen LogP contribution in [0.25, 0.3) is 0 Å². The van der Waals surface area contributed by atoms with E-state index in [1.807, 2.05) is 19.0 Å². The van der Waals surface area contributed by atoms with Crippen molar-refractivity contribution in [3.8, 4) is 5.75 Å². The minimum atomic E-state index is -0.537. The van der Waals surface area contributed by atoms with Crippen molar-refractivity contribution in [2.45, 2.75) is 19.6 Å². The first-order chi connectivity index (χ1) is 11.9. The number of rotatable bonds is 5. The molecule has 0 saturated heterocycles. The number of likely N-dealkylation sites (N-methyl/N-ethyl adjacent to an activating group) is 1. The third-order valence-corrected chi connectivity index (χ3v) is 3.72. The summed E-state index contributed by atoms with van der Waals surface area (Å²) in [4.78, 5) is 26.0. The van der Waals surface area contributed by atoms with Gasteiger partial charge in [-0.25, -0.2) is 0 Å². The number of aromatic nitrogens is 3. The summed E-state index contributed by atoms with van der Waals surface area (Å²) in [6.07, 6.45) is 1.06. The fourth-order valence-electron chi connectivity index (χ4n) is 2.30. The molecule has 0 spiro atoms. The molecule has 0 fully saturated rings. The Hall–Kier alpha value is -2.94. The van der Waals surface area contributed by atoms with Crippen LogP contribution >= 0.6 is 0 Å². The summed E-state index contributed by atoms with van der Waals surface area (Å²) in [7, 11) is 3.92. The van der Waals surface area contributed by atoms with Crippen LogP contribution in [0.2, 0.25) is 0 Å². The van der Waals surface area contributed by atoms with E-state index in [1.54, 1.807) is 36.0 Å².